The lowest BCUT2D eigenvalue weighted by molar-refractivity contribution is 0.534. The smallest absolute Gasteiger partial charge is 0.140 e. The molecule has 2 aromatic rings. The Morgan fingerprint density at radius 1 is 1.25 bits per heavy atom. The molecule has 6 heteroatoms. The van der Waals surface area contributed by atoms with Crippen LogP contribution in [0.2, 0.25) is 0 Å². The fourth-order valence-corrected chi connectivity index (χ4v) is 2.56. The van der Waals surface area contributed by atoms with Gasteiger partial charge in [-0.05, 0) is 36.6 Å². The Morgan fingerprint density at radius 3 is 2.60 bits per heavy atom. The Kier molecular flexibility index (Phi) is 3.93. The normalized spacial score (nSPS) is 14.5. The molecule has 3 nitrogen and oxygen atoms in total. The van der Waals surface area contributed by atoms with Crippen LogP contribution < -0.4 is 5.32 Å². The topological polar surface area (TPSA) is 37.8 Å². The van der Waals surface area contributed by atoms with Crippen molar-refractivity contribution in [3.63, 3.8) is 0 Å². The Bertz CT molecular complexity index is 580. The summed E-state index contributed by atoms with van der Waals surface area (Å²) in [5.41, 5.74) is 0.624. The lowest BCUT2D eigenvalue weighted by Gasteiger charge is -2.08. The predicted octanol–water partition coefficient (Wildman–Crippen LogP) is 3.16. The third-order valence-electron chi connectivity index (χ3n) is 2.99. The van der Waals surface area contributed by atoms with Crippen LogP contribution in [0.25, 0.3) is 0 Å². The van der Waals surface area contributed by atoms with Crippen LogP contribution in [0.15, 0.2) is 40.6 Å². The fraction of sp³-hybridized carbons (Fsp3) is 0.286. The molecular weight excluding hydrogens is 280 g/mol. The zero-order valence-electron chi connectivity index (χ0n) is 10.6. The summed E-state index contributed by atoms with van der Waals surface area (Å²) in [7, 11) is 0. The quantitative estimate of drug-likeness (QED) is 0.859. The molecule has 1 aromatic heterocycles. The van der Waals surface area contributed by atoms with E-state index >= 15 is 0 Å². The maximum absolute atomic E-state index is 14.0. The van der Waals surface area contributed by atoms with E-state index < -0.39 is 11.6 Å². The van der Waals surface area contributed by atoms with Gasteiger partial charge in [-0.3, -0.25) is 0 Å². The van der Waals surface area contributed by atoms with E-state index in [1.54, 1.807) is 12.3 Å². The van der Waals surface area contributed by atoms with Crippen LogP contribution in [-0.4, -0.2) is 16.0 Å². The van der Waals surface area contributed by atoms with E-state index in [-0.39, 0.29) is 4.90 Å². The summed E-state index contributed by atoms with van der Waals surface area (Å²) in [6.07, 6.45) is 5.18. The molecule has 1 aliphatic rings. The first-order valence-corrected chi connectivity index (χ1v) is 7.19. The number of nitrogens with zero attached hydrogens (tertiary/aromatic N) is 2. The molecule has 0 atom stereocenters. The highest BCUT2D eigenvalue weighted by molar-refractivity contribution is 7.99. The molecule has 1 N–H and O–H groups in total. The van der Waals surface area contributed by atoms with Gasteiger partial charge in [0.05, 0.1) is 4.90 Å². The largest absolute Gasteiger partial charge is 0.310 e. The average Bonchev–Trinajstić information content (AvgIpc) is 3.26. The fourth-order valence-electron chi connectivity index (χ4n) is 1.81. The van der Waals surface area contributed by atoms with E-state index in [1.807, 2.05) is 0 Å². The van der Waals surface area contributed by atoms with Crippen LogP contribution in [0, 0.1) is 11.6 Å². The third-order valence-corrected chi connectivity index (χ3v) is 4.04. The van der Waals surface area contributed by atoms with Gasteiger partial charge in [-0.15, -0.1) is 0 Å². The van der Waals surface area contributed by atoms with Gasteiger partial charge in [-0.2, -0.15) is 0 Å². The van der Waals surface area contributed by atoms with Crippen molar-refractivity contribution < 1.29 is 8.78 Å². The van der Waals surface area contributed by atoms with Crippen LogP contribution in [-0.2, 0) is 6.54 Å². The molecule has 1 fully saturated rings. The molecule has 0 unspecified atom stereocenters. The molecule has 1 heterocycles. The highest BCUT2D eigenvalue weighted by Gasteiger charge is 2.20. The van der Waals surface area contributed by atoms with Gasteiger partial charge in [0.15, 0.2) is 0 Å². The van der Waals surface area contributed by atoms with Crippen molar-refractivity contribution in [3.8, 4) is 0 Å². The van der Waals surface area contributed by atoms with E-state index in [0.717, 1.165) is 24.6 Å². The molecule has 104 valence electrons. The number of halogens is 2. The first-order valence-electron chi connectivity index (χ1n) is 6.37. The number of hydrogen-bond donors (Lipinski definition) is 1. The van der Waals surface area contributed by atoms with Crippen LogP contribution in [0.4, 0.5) is 8.78 Å². The second-order valence-corrected chi connectivity index (χ2v) is 5.72. The van der Waals surface area contributed by atoms with Crippen molar-refractivity contribution in [2.24, 2.45) is 0 Å². The standard InChI is InChI=1S/C14H13F2N3S/c15-11-5-9(7-18-10-1-2-10)6-12(16)14(11)20-13-3-4-17-8-19-13/h3-6,8,10,18H,1-2,7H2. The number of nitrogens with one attached hydrogen (secondary N) is 1. The SMILES string of the molecule is Fc1cc(CNC2CC2)cc(F)c1Sc1ccncn1. The molecule has 0 saturated heterocycles. The summed E-state index contributed by atoms with van der Waals surface area (Å²) in [5.74, 6) is -1.11. The third kappa shape index (κ3) is 3.32. The average molecular weight is 293 g/mol. The van der Waals surface area contributed by atoms with Crippen LogP contribution >= 0.6 is 11.8 Å². The van der Waals surface area contributed by atoms with E-state index in [1.165, 1.54) is 18.5 Å². The first kappa shape index (κ1) is 13.5. The second-order valence-electron chi connectivity index (χ2n) is 4.69. The van der Waals surface area contributed by atoms with Crippen molar-refractivity contribution in [2.75, 3.05) is 0 Å². The Balaban J connectivity index is 1.77. The van der Waals surface area contributed by atoms with Crippen LogP contribution in [0.5, 0.6) is 0 Å². The molecule has 0 radical (unpaired) electrons. The number of rotatable bonds is 5. The maximum atomic E-state index is 14.0. The van der Waals surface area contributed by atoms with Crippen molar-refractivity contribution in [2.45, 2.75) is 35.3 Å². The number of hydrogen-bond acceptors (Lipinski definition) is 4. The van der Waals surface area contributed by atoms with Gasteiger partial charge >= 0.3 is 0 Å². The minimum absolute atomic E-state index is 0.0288. The minimum atomic E-state index is -0.554. The molecule has 0 spiro atoms. The van der Waals surface area contributed by atoms with Gasteiger partial charge in [-0.1, -0.05) is 11.8 Å². The summed E-state index contributed by atoms with van der Waals surface area (Å²) < 4.78 is 28.0. The summed E-state index contributed by atoms with van der Waals surface area (Å²) in [5, 5.41) is 3.75. The molecule has 1 aromatic carbocycles. The van der Waals surface area contributed by atoms with Crippen LogP contribution in [0.1, 0.15) is 18.4 Å². The predicted molar refractivity (Wildman–Crippen MR) is 72.4 cm³/mol. The molecule has 20 heavy (non-hydrogen) atoms. The van der Waals surface area contributed by atoms with E-state index in [2.05, 4.69) is 15.3 Å². The Labute approximate surface area is 119 Å². The van der Waals surface area contributed by atoms with Crippen molar-refractivity contribution in [1.82, 2.24) is 15.3 Å². The molecule has 0 amide bonds. The van der Waals surface area contributed by atoms with Crippen molar-refractivity contribution >= 4 is 11.8 Å². The molecule has 3 rings (SSSR count). The van der Waals surface area contributed by atoms with Gasteiger partial charge < -0.3 is 5.32 Å². The Hall–Kier alpha value is -1.53. The van der Waals surface area contributed by atoms with Crippen molar-refractivity contribution in [1.29, 1.82) is 0 Å². The van der Waals surface area contributed by atoms with Gasteiger partial charge in [0.2, 0.25) is 0 Å². The number of aromatic nitrogens is 2. The van der Waals surface area contributed by atoms with Gasteiger partial charge in [0.1, 0.15) is 23.0 Å². The molecule has 0 aliphatic heterocycles. The second kappa shape index (κ2) is 5.85. The number of benzene rings is 1. The lowest BCUT2D eigenvalue weighted by Crippen LogP contribution is -2.15. The van der Waals surface area contributed by atoms with Gasteiger partial charge in [0, 0.05) is 18.8 Å². The summed E-state index contributed by atoms with van der Waals surface area (Å²) in [6.45, 7) is 0.497. The van der Waals surface area contributed by atoms with E-state index in [9.17, 15) is 8.78 Å². The molecule has 0 bridgehead atoms. The molecule has 1 saturated carbocycles. The molecular formula is C14H13F2N3S. The summed E-state index contributed by atoms with van der Waals surface area (Å²) in [4.78, 5) is 7.70. The first-order chi connectivity index (χ1) is 9.72. The highest BCUT2D eigenvalue weighted by Crippen LogP contribution is 2.31. The monoisotopic (exact) mass is 293 g/mol. The zero-order chi connectivity index (χ0) is 13.9. The van der Waals surface area contributed by atoms with E-state index in [0.29, 0.717) is 23.2 Å². The summed E-state index contributed by atoms with van der Waals surface area (Å²) >= 11 is 0.965. The van der Waals surface area contributed by atoms with Gasteiger partial charge in [-0.25, -0.2) is 18.7 Å². The summed E-state index contributed by atoms with van der Waals surface area (Å²) in [6, 6.07) is 4.88. The van der Waals surface area contributed by atoms with Crippen molar-refractivity contribution in [3.05, 3.63) is 47.9 Å². The zero-order valence-corrected chi connectivity index (χ0v) is 11.5. The highest BCUT2D eigenvalue weighted by atomic mass is 32.2. The molecule has 1 aliphatic carbocycles. The maximum Gasteiger partial charge on any atom is 0.140 e. The van der Waals surface area contributed by atoms with Crippen LogP contribution in [0.3, 0.4) is 0 Å². The lowest BCUT2D eigenvalue weighted by atomic mass is 10.2. The van der Waals surface area contributed by atoms with E-state index in [4.69, 9.17) is 0 Å². The Morgan fingerprint density at radius 2 is 2.00 bits per heavy atom. The minimum Gasteiger partial charge on any atom is -0.310 e. The van der Waals surface area contributed by atoms with Gasteiger partial charge in [0.25, 0.3) is 0 Å².